The molecule has 1 N–H and O–H groups in total. The van der Waals surface area contributed by atoms with Crippen LogP contribution in [0.3, 0.4) is 0 Å². The molecule has 0 fully saturated rings. The van der Waals surface area contributed by atoms with Crippen molar-refractivity contribution in [2.75, 3.05) is 12.4 Å². The number of anilines is 1. The Labute approximate surface area is 112 Å². The first-order valence-electron chi connectivity index (χ1n) is 6.46. The molecule has 3 heteroatoms. The van der Waals surface area contributed by atoms with Crippen molar-refractivity contribution in [1.82, 2.24) is 0 Å². The Morgan fingerprint density at radius 3 is 2.84 bits per heavy atom. The monoisotopic (exact) mass is 257 g/mol. The number of benzene rings is 2. The highest BCUT2D eigenvalue weighted by Gasteiger charge is 2.19. The molecule has 19 heavy (non-hydrogen) atoms. The van der Waals surface area contributed by atoms with E-state index in [9.17, 15) is 4.39 Å². The van der Waals surface area contributed by atoms with Crippen molar-refractivity contribution in [3.8, 4) is 5.75 Å². The molecule has 2 aromatic carbocycles. The van der Waals surface area contributed by atoms with E-state index in [0.29, 0.717) is 5.75 Å². The lowest BCUT2D eigenvalue weighted by Gasteiger charge is -2.27. The molecule has 0 bridgehead atoms. The molecule has 1 aliphatic rings. The average molecular weight is 257 g/mol. The van der Waals surface area contributed by atoms with E-state index in [1.54, 1.807) is 12.1 Å². The molecule has 0 spiro atoms. The second kappa shape index (κ2) is 4.92. The lowest BCUT2D eigenvalue weighted by Crippen LogP contribution is -2.18. The molecule has 0 saturated heterocycles. The number of nitrogens with one attached hydrogen (secondary N) is 1. The predicted molar refractivity (Wildman–Crippen MR) is 74.1 cm³/mol. The van der Waals surface area contributed by atoms with Crippen LogP contribution in [0.1, 0.15) is 23.6 Å². The van der Waals surface area contributed by atoms with Crippen LogP contribution in [0.5, 0.6) is 5.75 Å². The van der Waals surface area contributed by atoms with Gasteiger partial charge >= 0.3 is 0 Å². The number of ether oxygens (including phenoxy) is 1. The Morgan fingerprint density at radius 1 is 1.21 bits per heavy atom. The molecule has 2 aromatic rings. The summed E-state index contributed by atoms with van der Waals surface area (Å²) in [6, 6.07) is 13.6. The highest BCUT2D eigenvalue weighted by atomic mass is 19.1. The van der Waals surface area contributed by atoms with Crippen LogP contribution in [-0.4, -0.2) is 7.11 Å². The van der Waals surface area contributed by atoms with Crippen LogP contribution in [0.15, 0.2) is 42.5 Å². The molecule has 1 heterocycles. The van der Waals surface area contributed by atoms with Crippen molar-refractivity contribution in [2.24, 2.45) is 0 Å². The summed E-state index contributed by atoms with van der Waals surface area (Å²) in [7, 11) is 1.48. The van der Waals surface area contributed by atoms with Crippen LogP contribution in [0.25, 0.3) is 0 Å². The molecule has 3 rings (SSSR count). The molecule has 0 radical (unpaired) electrons. The summed E-state index contributed by atoms with van der Waals surface area (Å²) >= 11 is 0. The van der Waals surface area contributed by atoms with Crippen molar-refractivity contribution in [1.29, 1.82) is 0 Å². The van der Waals surface area contributed by atoms with E-state index in [1.807, 2.05) is 18.2 Å². The van der Waals surface area contributed by atoms with E-state index in [1.165, 1.54) is 12.7 Å². The van der Waals surface area contributed by atoms with Crippen molar-refractivity contribution < 1.29 is 9.13 Å². The Bertz CT molecular complexity index is 597. The standard InChI is InChI=1S/C16H16FNO/c1-19-16-9-7-12(10-13(16)17)15-8-6-11-4-2-3-5-14(11)18-15/h2-5,7,9-10,15,18H,6,8H2,1H3. The zero-order valence-electron chi connectivity index (χ0n) is 10.8. The third kappa shape index (κ3) is 2.28. The molecular formula is C16H16FNO. The number of rotatable bonds is 2. The van der Waals surface area contributed by atoms with Crippen molar-refractivity contribution in [3.05, 3.63) is 59.4 Å². The van der Waals surface area contributed by atoms with Gasteiger partial charge in [0.25, 0.3) is 0 Å². The molecule has 0 saturated carbocycles. The smallest absolute Gasteiger partial charge is 0.165 e. The fraction of sp³-hybridized carbons (Fsp3) is 0.250. The minimum atomic E-state index is -0.305. The van der Waals surface area contributed by atoms with Crippen LogP contribution in [0, 0.1) is 5.82 Å². The number of halogens is 1. The van der Waals surface area contributed by atoms with Gasteiger partial charge in [-0.25, -0.2) is 4.39 Å². The Balaban J connectivity index is 1.87. The van der Waals surface area contributed by atoms with Crippen LogP contribution in [0.2, 0.25) is 0 Å². The van der Waals surface area contributed by atoms with Crippen LogP contribution >= 0.6 is 0 Å². The zero-order valence-corrected chi connectivity index (χ0v) is 10.8. The second-order valence-electron chi connectivity index (χ2n) is 4.79. The number of hydrogen-bond acceptors (Lipinski definition) is 2. The molecule has 98 valence electrons. The topological polar surface area (TPSA) is 21.3 Å². The first-order chi connectivity index (χ1) is 9.28. The predicted octanol–water partition coefficient (Wildman–Crippen LogP) is 3.93. The lowest BCUT2D eigenvalue weighted by atomic mass is 9.93. The molecule has 0 aliphatic carbocycles. The lowest BCUT2D eigenvalue weighted by molar-refractivity contribution is 0.386. The molecule has 1 aliphatic heterocycles. The maximum Gasteiger partial charge on any atom is 0.165 e. The Morgan fingerprint density at radius 2 is 2.05 bits per heavy atom. The molecular weight excluding hydrogens is 241 g/mol. The summed E-state index contributed by atoms with van der Waals surface area (Å²) in [5.74, 6) is -0.0133. The minimum Gasteiger partial charge on any atom is -0.494 e. The van der Waals surface area contributed by atoms with E-state index >= 15 is 0 Å². The third-order valence-electron chi connectivity index (χ3n) is 3.63. The van der Waals surface area contributed by atoms with Gasteiger partial charge in [-0.2, -0.15) is 0 Å². The summed E-state index contributed by atoms with van der Waals surface area (Å²) in [5, 5.41) is 3.47. The van der Waals surface area contributed by atoms with E-state index in [4.69, 9.17) is 4.74 Å². The van der Waals surface area contributed by atoms with E-state index < -0.39 is 0 Å². The van der Waals surface area contributed by atoms with E-state index in [2.05, 4.69) is 17.4 Å². The van der Waals surface area contributed by atoms with Gasteiger partial charge in [0.1, 0.15) is 0 Å². The molecule has 2 nitrogen and oxygen atoms in total. The first-order valence-corrected chi connectivity index (χ1v) is 6.46. The van der Waals surface area contributed by atoms with E-state index in [0.717, 1.165) is 24.1 Å². The van der Waals surface area contributed by atoms with Gasteiger partial charge in [-0.05, 0) is 42.2 Å². The highest BCUT2D eigenvalue weighted by molar-refractivity contribution is 5.55. The average Bonchev–Trinajstić information content (AvgIpc) is 2.46. The van der Waals surface area contributed by atoms with Gasteiger partial charge in [0, 0.05) is 5.69 Å². The summed E-state index contributed by atoms with van der Waals surface area (Å²) in [4.78, 5) is 0. The first kappa shape index (κ1) is 12.0. The molecule has 1 unspecified atom stereocenters. The van der Waals surface area contributed by atoms with Crippen molar-refractivity contribution in [2.45, 2.75) is 18.9 Å². The summed E-state index contributed by atoms with van der Waals surface area (Å²) in [6.07, 6.45) is 1.99. The zero-order chi connectivity index (χ0) is 13.2. The normalized spacial score (nSPS) is 17.5. The third-order valence-corrected chi connectivity index (χ3v) is 3.63. The van der Waals surface area contributed by atoms with Crippen LogP contribution < -0.4 is 10.1 Å². The van der Waals surface area contributed by atoms with Gasteiger partial charge < -0.3 is 10.1 Å². The van der Waals surface area contributed by atoms with Gasteiger partial charge in [-0.1, -0.05) is 24.3 Å². The summed E-state index contributed by atoms with van der Waals surface area (Å²) in [5.41, 5.74) is 3.44. The minimum absolute atomic E-state index is 0.162. The maximum absolute atomic E-state index is 13.7. The highest BCUT2D eigenvalue weighted by Crippen LogP contribution is 2.33. The van der Waals surface area contributed by atoms with Gasteiger partial charge in [-0.3, -0.25) is 0 Å². The largest absolute Gasteiger partial charge is 0.494 e. The number of aryl methyl sites for hydroxylation is 1. The van der Waals surface area contributed by atoms with E-state index in [-0.39, 0.29) is 11.9 Å². The Hall–Kier alpha value is -2.03. The fourth-order valence-corrected chi connectivity index (χ4v) is 2.59. The summed E-state index contributed by atoms with van der Waals surface area (Å²) in [6.45, 7) is 0. The SMILES string of the molecule is COc1ccc(C2CCc3ccccc3N2)cc1F. The maximum atomic E-state index is 13.7. The molecule has 0 aromatic heterocycles. The Kier molecular flexibility index (Phi) is 3.11. The second-order valence-corrected chi connectivity index (χ2v) is 4.79. The number of methoxy groups -OCH3 is 1. The van der Waals surface area contributed by atoms with Crippen molar-refractivity contribution in [3.63, 3.8) is 0 Å². The number of para-hydroxylation sites is 1. The number of fused-ring (bicyclic) bond motifs is 1. The van der Waals surface area contributed by atoms with Gasteiger partial charge in [0.2, 0.25) is 0 Å². The molecule has 0 amide bonds. The quantitative estimate of drug-likeness (QED) is 0.880. The van der Waals surface area contributed by atoms with Gasteiger partial charge in [0.05, 0.1) is 13.2 Å². The number of hydrogen-bond donors (Lipinski definition) is 1. The van der Waals surface area contributed by atoms with Crippen molar-refractivity contribution >= 4 is 5.69 Å². The van der Waals surface area contributed by atoms with Gasteiger partial charge in [-0.15, -0.1) is 0 Å². The fourth-order valence-electron chi connectivity index (χ4n) is 2.59. The van der Waals surface area contributed by atoms with Crippen LogP contribution in [0.4, 0.5) is 10.1 Å². The molecule has 1 atom stereocenters. The van der Waals surface area contributed by atoms with Gasteiger partial charge in [0.15, 0.2) is 11.6 Å². The van der Waals surface area contributed by atoms with Crippen LogP contribution in [-0.2, 0) is 6.42 Å². The summed E-state index contributed by atoms with van der Waals surface area (Å²) < 4.78 is 18.7.